The minimum absolute atomic E-state index is 0.209. The average molecular weight is 363 g/mol. The molecule has 3 aromatic rings. The standard InChI is InChI=1S/C17H12F3N3O3/c1-25-13-8-6-12(7-9-13)21-15(24)11-4-2-10(3-5-11)14-22-16(26-23-14)17(18,19)20/h2-9H,1H3,(H,21,24). The number of hydrogen-bond acceptors (Lipinski definition) is 5. The predicted molar refractivity (Wildman–Crippen MR) is 85.7 cm³/mol. The number of aromatic nitrogens is 2. The highest BCUT2D eigenvalue weighted by atomic mass is 19.4. The van der Waals surface area contributed by atoms with Gasteiger partial charge in [0, 0.05) is 16.8 Å². The van der Waals surface area contributed by atoms with Gasteiger partial charge in [0.2, 0.25) is 5.82 Å². The highest BCUT2D eigenvalue weighted by Crippen LogP contribution is 2.29. The monoisotopic (exact) mass is 363 g/mol. The van der Waals surface area contributed by atoms with Crippen LogP contribution >= 0.6 is 0 Å². The summed E-state index contributed by atoms with van der Waals surface area (Å²) in [4.78, 5) is 15.5. The van der Waals surface area contributed by atoms with Crippen molar-refractivity contribution in [3.05, 3.63) is 60.0 Å². The molecule has 0 aliphatic rings. The van der Waals surface area contributed by atoms with Crippen LogP contribution in [0.2, 0.25) is 0 Å². The number of carbonyl (C=O) groups is 1. The van der Waals surface area contributed by atoms with Gasteiger partial charge in [-0.15, -0.1) is 0 Å². The molecule has 0 aliphatic heterocycles. The largest absolute Gasteiger partial charge is 0.497 e. The zero-order chi connectivity index (χ0) is 18.7. The number of rotatable bonds is 4. The van der Waals surface area contributed by atoms with Crippen LogP contribution in [0.3, 0.4) is 0 Å². The second kappa shape index (κ2) is 6.87. The average Bonchev–Trinajstić information content (AvgIpc) is 3.13. The smallest absolute Gasteiger partial charge is 0.471 e. The fourth-order valence-electron chi connectivity index (χ4n) is 2.10. The summed E-state index contributed by atoms with van der Waals surface area (Å²) in [6, 6.07) is 12.6. The molecule has 2 aromatic carbocycles. The first-order chi connectivity index (χ1) is 12.4. The molecule has 9 heteroatoms. The zero-order valence-corrected chi connectivity index (χ0v) is 13.4. The van der Waals surface area contributed by atoms with Crippen LogP contribution in [0.15, 0.2) is 53.1 Å². The summed E-state index contributed by atoms with van der Waals surface area (Å²) in [6.45, 7) is 0. The summed E-state index contributed by atoms with van der Waals surface area (Å²) >= 11 is 0. The summed E-state index contributed by atoms with van der Waals surface area (Å²) in [5.74, 6) is -1.34. The van der Waals surface area contributed by atoms with Gasteiger partial charge in [-0.2, -0.15) is 18.2 Å². The zero-order valence-electron chi connectivity index (χ0n) is 13.4. The second-order valence-electron chi connectivity index (χ2n) is 5.18. The first-order valence-electron chi connectivity index (χ1n) is 7.33. The van der Waals surface area contributed by atoms with Crippen molar-refractivity contribution in [2.75, 3.05) is 12.4 Å². The summed E-state index contributed by atoms with van der Waals surface area (Å²) in [5, 5.41) is 5.99. The Labute approximate surface area is 145 Å². The SMILES string of the molecule is COc1ccc(NC(=O)c2ccc(-c3noc(C(F)(F)F)n3)cc2)cc1. The molecule has 3 rings (SSSR count). The van der Waals surface area contributed by atoms with Crippen LogP contribution in [-0.2, 0) is 6.18 Å². The Morgan fingerprint density at radius 3 is 2.27 bits per heavy atom. The number of amides is 1. The minimum atomic E-state index is -4.70. The minimum Gasteiger partial charge on any atom is -0.497 e. The number of ether oxygens (including phenoxy) is 1. The number of methoxy groups -OCH3 is 1. The highest BCUT2D eigenvalue weighted by molar-refractivity contribution is 6.04. The molecule has 0 fully saturated rings. The van der Waals surface area contributed by atoms with E-state index in [0.29, 0.717) is 22.6 Å². The van der Waals surface area contributed by atoms with Crippen LogP contribution in [0.1, 0.15) is 16.2 Å². The normalized spacial score (nSPS) is 11.2. The fourth-order valence-corrected chi connectivity index (χ4v) is 2.10. The van der Waals surface area contributed by atoms with E-state index >= 15 is 0 Å². The lowest BCUT2D eigenvalue weighted by Gasteiger charge is -2.06. The quantitative estimate of drug-likeness (QED) is 0.758. The van der Waals surface area contributed by atoms with Gasteiger partial charge in [-0.3, -0.25) is 4.79 Å². The molecule has 0 atom stereocenters. The molecule has 0 spiro atoms. The van der Waals surface area contributed by atoms with Crippen molar-refractivity contribution < 1.29 is 27.2 Å². The van der Waals surface area contributed by atoms with Gasteiger partial charge < -0.3 is 14.6 Å². The van der Waals surface area contributed by atoms with Crippen LogP contribution in [-0.4, -0.2) is 23.2 Å². The van der Waals surface area contributed by atoms with Crippen molar-refractivity contribution in [1.82, 2.24) is 10.1 Å². The first-order valence-corrected chi connectivity index (χ1v) is 7.33. The van der Waals surface area contributed by atoms with Gasteiger partial charge in [0.25, 0.3) is 5.91 Å². The molecule has 1 amide bonds. The Morgan fingerprint density at radius 2 is 1.73 bits per heavy atom. The molecule has 0 unspecified atom stereocenters. The van der Waals surface area contributed by atoms with Gasteiger partial charge in [-0.05, 0) is 36.4 Å². The van der Waals surface area contributed by atoms with Gasteiger partial charge in [-0.25, -0.2) is 0 Å². The number of alkyl halides is 3. The van der Waals surface area contributed by atoms with Crippen molar-refractivity contribution in [3.8, 4) is 17.1 Å². The second-order valence-corrected chi connectivity index (χ2v) is 5.18. The molecule has 134 valence electrons. The van der Waals surface area contributed by atoms with E-state index in [4.69, 9.17) is 4.74 Å². The molecule has 0 radical (unpaired) electrons. The highest BCUT2D eigenvalue weighted by Gasteiger charge is 2.38. The van der Waals surface area contributed by atoms with E-state index in [9.17, 15) is 18.0 Å². The third-order valence-electron chi connectivity index (χ3n) is 3.42. The Morgan fingerprint density at radius 1 is 1.08 bits per heavy atom. The number of benzene rings is 2. The topological polar surface area (TPSA) is 77.2 Å². The molecule has 0 aliphatic carbocycles. The lowest BCUT2D eigenvalue weighted by atomic mass is 10.1. The van der Waals surface area contributed by atoms with E-state index in [0.717, 1.165) is 0 Å². The van der Waals surface area contributed by atoms with Gasteiger partial charge >= 0.3 is 12.1 Å². The summed E-state index contributed by atoms with van der Waals surface area (Å²) in [5.41, 5.74) is 1.20. The molecule has 1 N–H and O–H groups in total. The molecule has 0 bridgehead atoms. The number of halogens is 3. The summed E-state index contributed by atoms with van der Waals surface area (Å²) < 4.78 is 46.7. The van der Waals surface area contributed by atoms with E-state index in [1.807, 2.05) is 0 Å². The molecule has 0 saturated heterocycles. The van der Waals surface area contributed by atoms with Crippen molar-refractivity contribution in [2.24, 2.45) is 0 Å². The Bertz CT molecular complexity index is 903. The van der Waals surface area contributed by atoms with Gasteiger partial charge in [0.15, 0.2) is 0 Å². The van der Waals surface area contributed by atoms with Gasteiger partial charge in [0.1, 0.15) is 5.75 Å². The Kier molecular flexibility index (Phi) is 4.61. The number of carbonyl (C=O) groups excluding carboxylic acids is 1. The van der Waals surface area contributed by atoms with Crippen LogP contribution < -0.4 is 10.1 Å². The van der Waals surface area contributed by atoms with Crippen LogP contribution in [0.25, 0.3) is 11.4 Å². The number of hydrogen-bond donors (Lipinski definition) is 1. The van der Waals surface area contributed by atoms with Crippen LogP contribution in [0, 0.1) is 0 Å². The number of anilines is 1. The summed E-state index contributed by atoms with van der Waals surface area (Å²) in [7, 11) is 1.54. The van der Waals surface area contributed by atoms with E-state index in [1.165, 1.54) is 31.4 Å². The van der Waals surface area contributed by atoms with Crippen molar-refractivity contribution >= 4 is 11.6 Å². The maximum absolute atomic E-state index is 12.5. The maximum Gasteiger partial charge on any atom is 0.471 e. The fraction of sp³-hybridized carbons (Fsp3) is 0.118. The molecule has 1 aromatic heterocycles. The lowest BCUT2D eigenvalue weighted by Crippen LogP contribution is -2.11. The lowest BCUT2D eigenvalue weighted by molar-refractivity contribution is -0.159. The maximum atomic E-state index is 12.5. The first kappa shape index (κ1) is 17.5. The third kappa shape index (κ3) is 3.82. The van der Waals surface area contributed by atoms with E-state index < -0.39 is 12.1 Å². The number of nitrogens with one attached hydrogen (secondary N) is 1. The van der Waals surface area contributed by atoms with Gasteiger partial charge in [-0.1, -0.05) is 17.3 Å². The van der Waals surface area contributed by atoms with Crippen molar-refractivity contribution in [2.45, 2.75) is 6.18 Å². The molecule has 26 heavy (non-hydrogen) atoms. The van der Waals surface area contributed by atoms with E-state index in [2.05, 4.69) is 20.0 Å². The predicted octanol–water partition coefficient (Wildman–Crippen LogP) is 4.02. The molecular formula is C17H12F3N3O3. The molecular weight excluding hydrogens is 351 g/mol. The van der Waals surface area contributed by atoms with Crippen LogP contribution in [0.5, 0.6) is 5.75 Å². The Hall–Kier alpha value is -3.36. The Balaban J connectivity index is 1.72. The number of nitrogens with zero attached hydrogens (tertiary/aromatic N) is 2. The molecule has 6 nitrogen and oxygen atoms in total. The van der Waals surface area contributed by atoms with Gasteiger partial charge in [0.05, 0.1) is 7.11 Å². The van der Waals surface area contributed by atoms with Crippen molar-refractivity contribution in [3.63, 3.8) is 0 Å². The third-order valence-corrected chi connectivity index (χ3v) is 3.42. The summed E-state index contributed by atoms with van der Waals surface area (Å²) in [6.07, 6.45) is -4.70. The van der Waals surface area contributed by atoms with Crippen molar-refractivity contribution in [1.29, 1.82) is 0 Å². The van der Waals surface area contributed by atoms with E-state index in [1.54, 1.807) is 24.3 Å². The molecule has 0 saturated carbocycles. The molecule has 1 heterocycles. The van der Waals surface area contributed by atoms with Crippen LogP contribution in [0.4, 0.5) is 18.9 Å². The van der Waals surface area contributed by atoms with E-state index in [-0.39, 0.29) is 11.7 Å².